The molecule has 0 aromatic carbocycles. The number of β-amino-alcohol motifs (C(OH)–C–C–N with tert-alkyl or cyclic N) is 1. The number of piperazine rings is 1. The van der Waals surface area contributed by atoms with Crippen molar-refractivity contribution in [3.8, 4) is 0 Å². The molecule has 154 valence electrons. The van der Waals surface area contributed by atoms with Crippen LogP contribution in [-0.4, -0.2) is 84.3 Å². The van der Waals surface area contributed by atoms with E-state index in [2.05, 4.69) is 42.4 Å². The van der Waals surface area contributed by atoms with Crippen molar-refractivity contribution in [2.24, 2.45) is 0 Å². The first-order valence-electron chi connectivity index (χ1n) is 10.9. The van der Waals surface area contributed by atoms with Gasteiger partial charge in [-0.15, -0.1) is 0 Å². The van der Waals surface area contributed by atoms with Crippen LogP contribution in [0.15, 0.2) is 0 Å². The van der Waals surface area contributed by atoms with Gasteiger partial charge in [0.15, 0.2) is 0 Å². The lowest BCUT2D eigenvalue weighted by molar-refractivity contribution is 0.0839. The summed E-state index contributed by atoms with van der Waals surface area (Å²) in [7, 11) is 0. The van der Waals surface area contributed by atoms with Crippen LogP contribution in [0, 0.1) is 0 Å². The van der Waals surface area contributed by atoms with Gasteiger partial charge in [0, 0.05) is 57.9 Å². The molecule has 2 rings (SSSR count). The summed E-state index contributed by atoms with van der Waals surface area (Å²) in [6.45, 7) is 25.2. The van der Waals surface area contributed by atoms with E-state index in [4.69, 9.17) is 5.11 Å². The summed E-state index contributed by atoms with van der Waals surface area (Å²) in [6, 6.07) is 1.46. The Morgan fingerprint density at radius 1 is 0.880 bits per heavy atom. The molecule has 0 spiro atoms. The van der Waals surface area contributed by atoms with Gasteiger partial charge < -0.3 is 5.11 Å². The van der Waals surface area contributed by atoms with E-state index in [0.717, 1.165) is 25.7 Å². The largest absolute Gasteiger partial charge is 0.395 e. The number of hydrogen-bond acceptors (Lipinski definition) is 4. The second-order valence-electron chi connectivity index (χ2n) is 6.63. The zero-order valence-electron chi connectivity index (χ0n) is 18.7. The van der Waals surface area contributed by atoms with Gasteiger partial charge >= 0.3 is 0 Å². The smallest absolute Gasteiger partial charge is 0.0558 e. The monoisotopic (exact) mass is 359 g/mol. The average molecular weight is 360 g/mol. The van der Waals surface area contributed by atoms with Crippen LogP contribution in [0.3, 0.4) is 0 Å². The first-order chi connectivity index (χ1) is 12.1. The van der Waals surface area contributed by atoms with Crippen LogP contribution in [0.25, 0.3) is 0 Å². The number of aliphatic hydroxyl groups excluding tert-OH is 1. The minimum absolute atomic E-state index is 0.296. The highest BCUT2D eigenvalue weighted by atomic mass is 16.3. The van der Waals surface area contributed by atoms with Crippen molar-refractivity contribution in [1.82, 2.24) is 14.7 Å². The minimum atomic E-state index is 0.296. The zero-order chi connectivity index (χ0) is 19.7. The molecule has 0 aromatic rings. The topological polar surface area (TPSA) is 30.0 Å². The van der Waals surface area contributed by atoms with Gasteiger partial charge in [-0.05, 0) is 20.3 Å². The summed E-state index contributed by atoms with van der Waals surface area (Å²) in [6.07, 6.45) is 3.97. The van der Waals surface area contributed by atoms with Crippen molar-refractivity contribution < 1.29 is 5.11 Å². The van der Waals surface area contributed by atoms with Gasteiger partial charge in [0.05, 0.1) is 6.61 Å². The number of hydrogen-bond donors (Lipinski definition) is 1. The maximum atomic E-state index is 8.93. The van der Waals surface area contributed by atoms with Gasteiger partial charge in [0.2, 0.25) is 0 Å². The summed E-state index contributed by atoms with van der Waals surface area (Å²) >= 11 is 0. The summed E-state index contributed by atoms with van der Waals surface area (Å²) < 4.78 is 0. The van der Waals surface area contributed by atoms with E-state index in [9.17, 15) is 0 Å². The van der Waals surface area contributed by atoms with Crippen molar-refractivity contribution in [3.05, 3.63) is 0 Å². The maximum absolute atomic E-state index is 8.93. The number of unbranched alkanes of at least 4 members (excludes halogenated alkanes) is 1. The van der Waals surface area contributed by atoms with Gasteiger partial charge in [-0.3, -0.25) is 14.7 Å². The molecule has 2 saturated heterocycles. The summed E-state index contributed by atoms with van der Waals surface area (Å²) in [5.74, 6) is 0. The molecule has 1 N–H and O–H groups in total. The van der Waals surface area contributed by atoms with E-state index in [1.165, 1.54) is 45.4 Å². The molecule has 2 aliphatic heterocycles. The molecule has 1 atom stereocenters. The third-order valence-corrected chi connectivity index (χ3v) is 4.76. The Balaban J connectivity index is 0. The molecule has 1 unspecified atom stereocenters. The molecule has 2 heterocycles. The molecule has 2 aliphatic rings. The van der Waals surface area contributed by atoms with Crippen molar-refractivity contribution in [2.45, 2.75) is 86.7 Å². The second-order valence-corrected chi connectivity index (χ2v) is 6.63. The highest BCUT2D eigenvalue weighted by Crippen LogP contribution is 2.19. The van der Waals surface area contributed by atoms with E-state index in [1.807, 2.05) is 27.7 Å². The molecule has 2 fully saturated rings. The molecule has 0 saturated carbocycles. The third-order valence-electron chi connectivity index (χ3n) is 4.76. The van der Waals surface area contributed by atoms with Crippen LogP contribution in [0.4, 0.5) is 0 Å². The molecule has 25 heavy (non-hydrogen) atoms. The maximum Gasteiger partial charge on any atom is 0.0558 e. The highest BCUT2D eigenvalue weighted by molar-refractivity contribution is 4.87. The van der Waals surface area contributed by atoms with Gasteiger partial charge in [-0.25, -0.2) is 0 Å². The lowest BCUT2D eigenvalue weighted by Crippen LogP contribution is -2.51. The SMILES string of the molecule is CC.CC.CC(C)N1CCC(N2CCN(CCO)CC2)C1.CCCC. The minimum Gasteiger partial charge on any atom is -0.395 e. The van der Waals surface area contributed by atoms with Gasteiger partial charge in [0.25, 0.3) is 0 Å². The van der Waals surface area contributed by atoms with E-state index in [-0.39, 0.29) is 0 Å². The molecule has 0 aromatic heterocycles. The Morgan fingerprint density at radius 2 is 1.40 bits per heavy atom. The number of aliphatic hydroxyl groups is 1. The second kappa shape index (κ2) is 18.6. The molecule has 4 heteroatoms. The highest BCUT2D eigenvalue weighted by Gasteiger charge is 2.30. The summed E-state index contributed by atoms with van der Waals surface area (Å²) in [5, 5.41) is 8.93. The van der Waals surface area contributed by atoms with Crippen molar-refractivity contribution in [1.29, 1.82) is 0 Å². The van der Waals surface area contributed by atoms with Crippen LogP contribution in [0.1, 0.15) is 74.7 Å². The molecular weight excluding hydrogens is 310 g/mol. The molecule has 0 radical (unpaired) electrons. The van der Waals surface area contributed by atoms with E-state index in [0.29, 0.717) is 12.6 Å². The predicted molar refractivity (Wildman–Crippen MR) is 113 cm³/mol. The molecular formula is C21H49N3O. The summed E-state index contributed by atoms with van der Waals surface area (Å²) in [5.41, 5.74) is 0. The number of rotatable bonds is 5. The van der Waals surface area contributed by atoms with Crippen molar-refractivity contribution in [2.75, 3.05) is 52.4 Å². The Hall–Kier alpha value is -0.160. The Morgan fingerprint density at radius 3 is 1.76 bits per heavy atom. The van der Waals surface area contributed by atoms with E-state index in [1.54, 1.807) is 0 Å². The zero-order valence-corrected chi connectivity index (χ0v) is 18.7. The normalized spacial score (nSPS) is 21.6. The van der Waals surface area contributed by atoms with Crippen LogP contribution in [0.5, 0.6) is 0 Å². The molecule has 0 bridgehead atoms. The van der Waals surface area contributed by atoms with E-state index < -0.39 is 0 Å². The standard InChI is InChI=1S/C13H27N3O.C4H10.2C2H6/c1-12(2)16-4-3-13(11-16)15-7-5-14(6-8-15)9-10-17;1-3-4-2;2*1-2/h12-13,17H,3-11H2,1-2H3;3-4H2,1-2H3;2*1-2H3. The molecule has 0 amide bonds. The Bertz CT molecular complexity index is 252. The number of likely N-dealkylation sites (tertiary alicyclic amines) is 1. The third kappa shape index (κ3) is 12.0. The van der Waals surface area contributed by atoms with Crippen LogP contribution in [0.2, 0.25) is 0 Å². The summed E-state index contributed by atoms with van der Waals surface area (Å²) in [4.78, 5) is 7.60. The van der Waals surface area contributed by atoms with Crippen LogP contribution < -0.4 is 0 Å². The van der Waals surface area contributed by atoms with Crippen LogP contribution >= 0.6 is 0 Å². The van der Waals surface area contributed by atoms with E-state index >= 15 is 0 Å². The van der Waals surface area contributed by atoms with Crippen molar-refractivity contribution >= 4 is 0 Å². The van der Waals surface area contributed by atoms with Crippen molar-refractivity contribution in [3.63, 3.8) is 0 Å². The fraction of sp³-hybridized carbons (Fsp3) is 1.00. The lowest BCUT2D eigenvalue weighted by Gasteiger charge is -2.38. The molecule has 4 nitrogen and oxygen atoms in total. The average Bonchev–Trinajstić information content (AvgIpc) is 3.17. The first-order valence-corrected chi connectivity index (χ1v) is 10.9. The van der Waals surface area contributed by atoms with Gasteiger partial charge in [0.1, 0.15) is 0 Å². The Labute approximate surface area is 159 Å². The lowest BCUT2D eigenvalue weighted by atomic mass is 10.2. The van der Waals surface area contributed by atoms with Crippen LogP contribution in [-0.2, 0) is 0 Å². The van der Waals surface area contributed by atoms with Gasteiger partial charge in [-0.1, -0.05) is 54.4 Å². The predicted octanol–water partition coefficient (Wildman–Crippen LogP) is 3.94. The fourth-order valence-corrected chi connectivity index (χ4v) is 3.03. The van der Waals surface area contributed by atoms with Gasteiger partial charge in [-0.2, -0.15) is 0 Å². The first kappa shape index (κ1) is 27.1. The Kier molecular flexibility index (Phi) is 20.2. The quantitative estimate of drug-likeness (QED) is 0.805. The molecule has 0 aliphatic carbocycles. The fourth-order valence-electron chi connectivity index (χ4n) is 3.03. The number of nitrogens with zero attached hydrogens (tertiary/aromatic N) is 3.